The van der Waals surface area contributed by atoms with E-state index in [4.69, 9.17) is 16.4 Å². The van der Waals surface area contributed by atoms with E-state index in [1.807, 2.05) is 0 Å². The Morgan fingerprint density at radius 1 is 1.23 bits per heavy atom. The molecule has 0 radical (unpaired) electrons. The molecule has 2 heterocycles. The van der Waals surface area contributed by atoms with Crippen molar-refractivity contribution in [1.82, 2.24) is 14.8 Å². The van der Waals surface area contributed by atoms with Gasteiger partial charge in [0.1, 0.15) is 0 Å². The Labute approximate surface area is 130 Å². The highest BCUT2D eigenvalue weighted by molar-refractivity contribution is 6.31. The van der Waals surface area contributed by atoms with Gasteiger partial charge in [0.2, 0.25) is 0 Å². The average Bonchev–Trinajstić information content (AvgIpc) is 2.94. The summed E-state index contributed by atoms with van der Waals surface area (Å²) in [5.74, 6) is -2.10. The molecule has 1 aromatic heterocycles. The molecular formula is C14H10ClN3O4. The van der Waals surface area contributed by atoms with Gasteiger partial charge in [0.25, 0.3) is 11.8 Å². The lowest BCUT2D eigenvalue weighted by Crippen LogP contribution is -2.33. The summed E-state index contributed by atoms with van der Waals surface area (Å²) in [6.07, 6.45) is 1.19. The Morgan fingerprint density at radius 2 is 1.82 bits per heavy atom. The van der Waals surface area contributed by atoms with Crippen LogP contribution in [0.5, 0.6) is 0 Å². The van der Waals surface area contributed by atoms with Crippen LogP contribution in [0.4, 0.5) is 0 Å². The molecule has 0 atom stereocenters. The molecule has 2 aromatic rings. The largest absolute Gasteiger partial charge is 0.339 e. The normalized spacial score (nSPS) is 13.5. The van der Waals surface area contributed by atoms with Crippen molar-refractivity contribution in [2.24, 2.45) is 7.05 Å². The number of aromatic nitrogens is 2. The van der Waals surface area contributed by atoms with Gasteiger partial charge in [-0.2, -0.15) is 5.10 Å². The van der Waals surface area contributed by atoms with Crippen LogP contribution < -0.4 is 0 Å². The minimum absolute atomic E-state index is 0.206. The standard InChI is InChI=1S/C14H10ClN3O4/c1-17-11(10(15)7-16-17)6-12(19)22-18-13(20)8-4-2-3-5-9(8)14(18)21/h2-5,7H,6H2,1H3. The number of rotatable bonds is 3. The number of fused-ring (bicyclic) bond motifs is 1. The summed E-state index contributed by atoms with van der Waals surface area (Å²) < 4.78 is 1.42. The highest BCUT2D eigenvalue weighted by atomic mass is 35.5. The number of carbonyl (C=O) groups is 3. The van der Waals surface area contributed by atoms with Gasteiger partial charge in [0.05, 0.1) is 34.5 Å². The summed E-state index contributed by atoms with van der Waals surface area (Å²) in [4.78, 5) is 41.0. The van der Waals surface area contributed by atoms with Crippen molar-refractivity contribution >= 4 is 29.4 Å². The highest BCUT2D eigenvalue weighted by Crippen LogP contribution is 2.23. The van der Waals surface area contributed by atoms with E-state index >= 15 is 0 Å². The van der Waals surface area contributed by atoms with E-state index in [1.165, 1.54) is 23.0 Å². The Balaban J connectivity index is 1.76. The van der Waals surface area contributed by atoms with Gasteiger partial charge in [0.15, 0.2) is 0 Å². The van der Waals surface area contributed by atoms with Gasteiger partial charge in [-0.25, -0.2) is 4.79 Å². The third kappa shape index (κ3) is 2.25. The van der Waals surface area contributed by atoms with E-state index in [1.54, 1.807) is 19.2 Å². The third-order valence-corrected chi connectivity index (χ3v) is 3.59. The second kappa shape index (κ2) is 5.27. The number of amides is 2. The van der Waals surface area contributed by atoms with Crippen molar-refractivity contribution in [2.75, 3.05) is 0 Å². The second-order valence-corrected chi connectivity index (χ2v) is 5.06. The van der Waals surface area contributed by atoms with E-state index in [2.05, 4.69) is 5.10 Å². The number of aryl methyl sites for hydroxylation is 1. The summed E-state index contributed by atoms with van der Waals surface area (Å²) in [5, 5.41) is 4.67. The lowest BCUT2D eigenvalue weighted by Gasteiger charge is -2.12. The number of nitrogens with zero attached hydrogens (tertiary/aromatic N) is 3. The summed E-state index contributed by atoms with van der Waals surface area (Å²) in [6, 6.07) is 6.26. The van der Waals surface area contributed by atoms with Gasteiger partial charge in [-0.05, 0) is 12.1 Å². The number of imide groups is 1. The van der Waals surface area contributed by atoms with E-state index in [-0.39, 0.29) is 17.5 Å². The maximum Gasteiger partial charge on any atom is 0.339 e. The Morgan fingerprint density at radius 3 is 2.32 bits per heavy atom. The molecule has 0 fully saturated rings. The summed E-state index contributed by atoms with van der Waals surface area (Å²) in [7, 11) is 1.62. The lowest BCUT2D eigenvalue weighted by molar-refractivity contribution is -0.167. The van der Waals surface area contributed by atoms with Gasteiger partial charge in [0, 0.05) is 7.05 Å². The smallest absolute Gasteiger partial charge is 0.329 e. The number of hydrogen-bond acceptors (Lipinski definition) is 5. The van der Waals surface area contributed by atoms with Crippen molar-refractivity contribution in [3.05, 3.63) is 52.3 Å². The Hall–Kier alpha value is -2.67. The van der Waals surface area contributed by atoms with Crippen LogP contribution >= 0.6 is 11.6 Å². The molecule has 112 valence electrons. The van der Waals surface area contributed by atoms with Crippen LogP contribution in [0, 0.1) is 0 Å². The van der Waals surface area contributed by atoms with Crippen LogP contribution in [0.15, 0.2) is 30.5 Å². The first-order chi connectivity index (χ1) is 10.5. The van der Waals surface area contributed by atoms with Crippen molar-refractivity contribution in [3.8, 4) is 0 Å². The second-order valence-electron chi connectivity index (χ2n) is 4.65. The van der Waals surface area contributed by atoms with E-state index in [0.717, 1.165) is 0 Å². The maximum atomic E-state index is 12.1. The molecule has 1 aliphatic rings. The fraction of sp³-hybridized carbons (Fsp3) is 0.143. The van der Waals surface area contributed by atoms with Crippen molar-refractivity contribution < 1.29 is 19.2 Å². The van der Waals surface area contributed by atoms with Crippen molar-refractivity contribution in [2.45, 2.75) is 6.42 Å². The van der Waals surface area contributed by atoms with Gasteiger partial charge in [-0.15, -0.1) is 0 Å². The summed E-state index contributed by atoms with van der Waals surface area (Å²) in [6.45, 7) is 0. The first-order valence-corrected chi connectivity index (χ1v) is 6.72. The maximum absolute atomic E-state index is 12.1. The number of halogens is 1. The SMILES string of the molecule is Cn1ncc(Cl)c1CC(=O)ON1C(=O)c2ccccc2C1=O. The fourth-order valence-corrected chi connectivity index (χ4v) is 2.39. The molecule has 2 amide bonds. The Kier molecular flexibility index (Phi) is 3.42. The van der Waals surface area contributed by atoms with Crippen LogP contribution in [0.3, 0.4) is 0 Å². The third-order valence-electron chi connectivity index (χ3n) is 3.27. The molecule has 1 aliphatic heterocycles. The first kappa shape index (κ1) is 14.3. The van der Waals surface area contributed by atoms with Crippen LogP contribution in [0.25, 0.3) is 0 Å². The first-order valence-electron chi connectivity index (χ1n) is 6.34. The molecule has 1 aromatic carbocycles. The molecule has 7 nitrogen and oxygen atoms in total. The highest BCUT2D eigenvalue weighted by Gasteiger charge is 2.38. The van der Waals surface area contributed by atoms with Gasteiger partial charge in [-0.1, -0.05) is 28.8 Å². The van der Waals surface area contributed by atoms with Gasteiger partial charge >= 0.3 is 5.97 Å². The topological polar surface area (TPSA) is 81.5 Å². The predicted molar refractivity (Wildman–Crippen MR) is 75.0 cm³/mol. The molecule has 0 bridgehead atoms. The minimum Gasteiger partial charge on any atom is -0.329 e. The van der Waals surface area contributed by atoms with E-state index in [9.17, 15) is 14.4 Å². The molecule has 3 rings (SSSR count). The van der Waals surface area contributed by atoms with Gasteiger partial charge < -0.3 is 4.84 Å². The molecule has 0 N–H and O–H groups in total. The number of hydrogen-bond donors (Lipinski definition) is 0. The average molecular weight is 320 g/mol. The molecule has 0 saturated carbocycles. The zero-order chi connectivity index (χ0) is 15.9. The molecule has 0 saturated heterocycles. The van der Waals surface area contributed by atoms with Crippen LogP contribution in [0.1, 0.15) is 26.4 Å². The minimum atomic E-state index is -0.778. The molecule has 0 spiro atoms. The molecule has 8 heteroatoms. The molecular weight excluding hydrogens is 310 g/mol. The van der Waals surface area contributed by atoms with Crippen LogP contribution in [-0.4, -0.2) is 32.6 Å². The van der Waals surface area contributed by atoms with Crippen LogP contribution in [-0.2, 0) is 23.1 Å². The quantitative estimate of drug-likeness (QED) is 0.798. The monoisotopic (exact) mass is 319 g/mol. The fourth-order valence-electron chi connectivity index (χ4n) is 2.16. The predicted octanol–water partition coefficient (Wildman–Crippen LogP) is 1.37. The van der Waals surface area contributed by atoms with Gasteiger partial charge in [-0.3, -0.25) is 14.3 Å². The van der Waals surface area contributed by atoms with Crippen molar-refractivity contribution in [1.29, 1.82) is 0 Å². The summed E-state index contributed by atoms with van der Waals surface area (Å²) >= 11 is 5.90. The Bertz CT molecular complexity index is 745. The van der Waals surface area contributed by atoms with E-state index < -0.39 is 17.8 Å². The number of carbonyl (C=O) groups excluding carboxylic acids is 3. The summed E-state index contributed by atoms with van der Waals surface area (Å²) in [5.41, 5.74) is 0.848. The lowest BCUT2D eigenvalue weighted by atomic mass is 10.1. The number of hydroxylamine groups is 2. The zero-order valence-electron chi connectivity index (χ0n) is 11.4. The van der Waals surface area contributed by atoms with Crippen LogP contribution in [0.2, 0.25) is 5.02 Å². The van der Waals surface area contributed by atoms with E-state index in [0.29, 0.717) is 15.8 Å². The molecule has 0 unspecified atom stereocenters. The molecule has 22 heavy (non-hydrogen) atoms. The number of benzene rings is 1. The molecule has 0 aliphatic carbocycles. The van der Waals surface area contributed by atoms with Crippen molar-refractivity contribution in [3.63, 3.8) is 0 Å². The zero-order valence-corrected chi connectivity index (χ0v) is 12.2.